The minimum Gasteiger partial charge on any atom is -0.478 e. The molecule has 134 valence electrons. The highest BCUT2D eigenvalue weighted by atomic mass is 16.4. The van der Waals surface area contributed by atoms with Crippen LogP contribution in [0.1, 0.15) is 42.2 Å². The molecular weight excluding hydrogens is 340 g/mol. The second-order valence-electron chi connectivity index (χ2n) is 5.86. The maximum absolute atomic E-state index is 12.9. The third-order valence-corrected chi connectivity index (χ3v) is 4.21. The second kappa shape index (κ2) is 6.58. The van der Waals surface area contributed by atoms with E-state index in [0.29, 0.717) is 0 Å². The summed E-state index contributed by atoms with van der Waals surface area (Å²) in [5.41, 5.74) is 5.48. The van der Waals surface area contributed by atoms with Gasteiger partial charge in [-0.05, 0) is 6.07 Å². The number of benzene rings is 2. The van der Waals surface area contributed by atoms with Crippen LogP contribution < -0.4 is 11.1 Å². The first-order valence-corrected chi connectivity index (χ1v) is 7.77. The van der Waals surface area contributed by atoms with E-state index in [-0.39, 0.29) is 45.7 Å². The van der Waals surface area contributed by atoms with Crippen LogP contribution in [-0.2, 0) is 0 Å². The summed E-state index contributed by atoms with van der Waals surface area (Å²) >= 11 is 0. The fourth-order valence-corrected chi connectivity index (χ4v) is 2.93. The molecule has 0 saturated heterocycles. The number of nitrogens with two attached hydrogens (primary N) is 1. The van der Waals surface area contributed by atoms with Gasteiger partial charge in [0.15, 0.2) is 11.6 Å². The molecule has 8 nitrogen and oxygen atoms in total. The van der Waals surface area contributed by atoms with Crippen molar-refractivity contribution in [1.82, 2.24) is 0 Å². The summed E-state index contributed by atoms with van der Waals surface area (Å²) in [5, 5.41) is 30.6. The van der Waals surface area contributed by atoms with Gasteiger partial charge in [0.1, 0.15) is 0 Å². The quantitative estimate of drug-likeness (QED) is 0.415. The van der Waals surface area contributed by atoms with E-state index in [1.54, 1.807) is 12.1 Å². The Morgan fingerprint density at radius 3 is 2.23 bits per heavy atom. The van der Waals surface area contributed by atoms with Gasteiger partial charge in [-0.15, -0.1) is 0 Å². The van der Waals surface area contributed by atoms with E-state index >= 15 is 0 Å². The number of aliphatic hydroxyl groups excluding tert-OH is 2. The summed E-state index contributed by atoms with van der Waals surface area (Å²) in [7, 11) is 0. The van der Waals surface area contributed by atoms with E-state index in [2.05, 4.69) is 5.32 Å². The Hall–Kier alpha value is -3.23. The highest BCUT2D eigenvalue weighted by Crippen LogP contribution is 2.37. The van der Waals surface area contributed by atoms with Crippen LogP contribution in [0.25, 0.3) is 0 Å². The van der Waals surface area contributed by atoms with Crippen molar-refractivity contribution in [3.63, 3.8) is 0 Å². The Balaban J connectivity index is 2.24. The van der Waals surface area contributed by atoms with Crippen molar-refractivity contribution in [2.24, 2.45) is 0 Å². The summed E-state index contributed by atoms with van der Waals surface area (Å²) in [6, 6.07) is 7.36. The van der Waals surface area contributed by atoms with Crippen molar-refractivity contribution in [3.8, 4) is 0 Å². The molecule has 0 bridgehead atoms. The number of anilines is 2. The number of nitrogen functional groups attached to an aromatic ring is 1. The van der Waals surface area contributed by atoms with E-state index in [1.165, 1.54) is 12.1 Å². The van der Waals surface area contributed by atoms with Gasteiger partial charge in [-0.3, -0.25) is 9.59 Å². The summed E-state index contributed by atoms with van der Waals surface area (Å²) in [4.78, 5) is 37.3. The van der Waals surface area contributed by atoms with Crippen molar-refractivity contribution >= 4 is 28.9 Å². The minimum atomic E-state index is -1.35. The number of hydrogen-bond acceptors (Lipinski definition) is 7. The number of rotatable bonds is 5. The topological polar surface area (TPSA) is 150 Å². The molecule has 0 amide bonds. The molecular formula is C18H16N2O6. The zero-order valence-electron chi connectivity index (χ0n) is 13.5. The summed E-state index contributed by atoms with van der Waals surface area (Å²) < 4.78 is 0. The number of carboxylic acid groups (broad SMARTS) is 1. The average Bonchev–Trinajstić information content (AvgIpc) is 2.64. The molecule has 1 unspecified atom stereocenters. The predicted octanol–water partition coefficient (Wildman–Crippen LogP) is 0.507. The third-order valence-electron chi connectivity index (χ3n) is 4.21. The smallest absolute Gasteiger partial charge is 0.337 e. The van der Waals surface area contributed by atoms with E-state index in [1.807, 2.05) is 0 Å². The first-order chi connectivity index (χ1) is 12.4. The van der Waals surface area contributed by atoms with Gasteiger partial charge in [-0.1, -0.05) is 24.3 Å². The Kier molecular flexibility index (Phi) is 4.45. The molecule has 8 heteroatoms. The third kappa shape index (κ3) is 2.71. The standard InChI is InChI=1S/C18H16N2O6/c19-15-11(18(25)26)5-12(20-6-8(22)7-21)13-14(15)17(24)10-4-2-1-3-9(10)16(13)23/h1-5,8,20-22H,6-7,19H2,(H,25,26). The molecule has 2 aromatic rings. The van der Waals surface area contributed by atoms with E-state index in [4.69, 9.17) is 10.8 Å². The van der Waals surface area contributed by atoms with Gasteiger partial charge in [-0.2, -0.15) is 0 Å². The van der Waals surface area contributed by atoms with Crippen molar-refractivity contribution in [3.05, 3.63) is 58.1 Å². The molecule has 0 fully saturated rings. The molecule has 0 saturated carbocycles. The van der Waals surface area contributed by atoms with Crippen molar-refractivity contribution in [2.45, 2.75) is 6.10 Å². The maximum atomic E-state index is 12.9. The van der Waals surface area contributed by atoms with Gasteiger partial charge in [0.25, 0.3) is 0 Å². The fourth-order valence-electron chi connectivity index (χ4n) is 2.93. The van der Waals surface area contributed by atoms with Crippen LogP contribution in [0.4, 0.5) is 11.4 Å². The molecule has 0 spiro atoms. The molecule has 0 aliphatic heterocycles. The number of carbonyl (C=O) groups excluding carboxylic acids is 2. The molecule has 0 heterocycles. The Morgan fingerprint density at radius 2 is 1.69 bits per heavy atom. The average molecular weight is 356 g/mol. The van der Waals surface area contributed by atoms with Crippen LogP contribution in [0.15, 0.2) is 30.3 Å². The van der Waals surface area contributed by atoms with Gasteiger partial charge in [0.05, 0.1) is 35.1 Å². The zero-order valence-corrected chi connectivity index (χ0v) is 13.5. The monoisotopic (exact) mass is 356 g/mol. The number of hydrogen-bond donors (Lipinski definition) is 5. The summed E-state index contributed by atoms with van der Waals surface area (Å²) in [5.74, 6) is -2.36. The number of ketones is 2. The lowest BCUT2D eigenvalue weighted by molar-refractivity contribution is 0.0697. The Morgan fingerprint density at radius 1 is 1.12 bits per heavy atom. The van der Waals surface area contributed by atoms with Crippen LogP contribution in [0, 0.1) is 0 Å². The number of aliphatic hydroxyl groups is 2. The van der Waals surface area contributed by atoms with E-state index in [9.17, 15) is 24.6 Å². The lowest BCUT2D eigenvalue weighted by Crippen LogP contribution is -2.28. The predicted molar refractivity (Wildman–Crippen MR) is 92.7 cm³/mol. The lowest BCUT2D eigenvalue weighted by Gasteiger charge is -2.23. The second-order valence-corrected chi connectivity index (χ2v) is 5.86. The molecule has 1 atom stereocenters. The number of carbonyl (C=O) groups is 3. The van der Waals surface area contributed by atoms with Crippen LogP contribution in [0.3, 0.4) is 0 Å². The first kappa shape index (κ1) is 17.6. The van der Waals surface area contributed by atoms with Gasteiger partial charge < -0.3 is 26.4 Å². The molecule has 0 radical (unpaired) electrons. The summed E-state index contributed by atoms with van der Waals surface area (Å²) in [6.45, 7) is -0.666. The Bertz CT molecular complexity index is 938. The van der Waals surface area contributed by atoms with Crippen LogP contribution in [-0.4, -0.2) is 52.1 Å². The first-order valence-electron chi connectivity index (χ1n) is 7.77. The zero-order chi connectivity index (χ0) is 19.0. The number of aromatic carboxylic acids is 1. The normalized spacial score (nSPS) is 13.8. The lowest BCUT2D eigenvalue weighted by atomic mass is 9.81. The number of carboxylic acids is 1. The van der Waals surface area contributed by atoms with Crippen LogP contribution in [0.2, 0.25) is 0 Å². The van der Waals surface area contributed by atoms with E-state index < -0.39 is 30.2 Å². The van der Waals surface area contributed by atoms with Crippen molar-refractivity contribution in [1.29, 1.82) is 0 Å². The highest BCUT2D eigenvalue weighted by Gasteiger charge is 2.35. The molecule has 3 rings (SSSR count). The molecule has 1 aliphatic carbocycles. The largest absolute Gasteiger partial charge is 0.478 e. The molecule has 1 aliphatic rings. The SMILES string of the molecule is Nc1c(C(=O)O)cc(NCC(O)CO)c2c1C(=O)c1ccccc1C2=O. The fraction of sp³-hybridized carbons (Fsp3) is 0.167. The van der Waals surface area contributed by atoms with Crippen molar-refractivity contribution < 1.29 is 29.7 Å². The Labute approximate surface area is 147 Å². The highest BCUT2D eigenvalue weighted by molar-refractivity contribution is 6.32. The molecule has 2 aromatic carbocycles. The van der Waals surface area contributed by atoms with Gasteiger partial charge in [-0.25, -0.2) is 4.79 Å². The maximum Gasteiger partial charge on any atom is 0.337 e. The van der Waals surface area contributed by atoms with E-state index in [0.717, 1.165) is 6.07 Å². The van der Waals surface area contributed by atoms with Crippen LogP contribution in [0.5, 0.6) is 0 Å². The molecule has 0 aromatic heterocycles. The summed E-state index contributed by atoms with van der Waals surface area (Å²) in [6.07, 6.45) is -1.13. The number of fused-ring (bicyclic) bond motifs is 2. The van der Waals surface area contributed by atoms with Crippen molar-refractivity contribution in [2.75, 3.05) is 24.2 Å². The van der Waals surface area contributed by atoms with Gasteiger partial charge >= 0.3 is 5.97 Å². The van der Waals surface area contributed by atoms with Gasteiger partial charge in [0.2, 0.25) is 0 Å². The minimum absolute atomic E-state index is 0.0404. The van der Waals surface area contributed by atoms with Crippen LogP contribution >= 0.6 is 0 Å². The molecule has 26 heavy (non-hydrogen) atoms. The number of nitrogens with one attached hydrogen (secondary N) is 1. The molecule has 6 N–H and O–H groups in total. The van der Waals surface area contributed by atoms with Gasteiger partial charge in [0, 0.05) is 23.4 Å².